The van der Waals surface area contributed by atoms with Crippen molar-refractivity contribution >= 4 is 44.2 Å². The van der Waals surface area contributed by atoms with Crippen LogP contribution in [0.25, 0.3) is 16.5 Å². The molecule has 0 unspecified atom stereocenters. The van der Waals surface area contributed by atoms with Crippen molar-refractivity contribution in [3.8, 4) is 11.5 Å². The maximum atomic E-state index is 13.8. The van der Waals surface area contributed by atoms with Crippen LogP contribution in [0.4, 0.5) is 0 Å². The third-order valence-corrected chi connectivity index (χ3v) is 8.16. The number of ketones is 1. The number of benzene rings is 4. The van der Waals surface area contributed by atoms with Crippen molar-refractivity contribution in [2.45, 2.75) is 26.4 Å². The number of allylic oxidation sites excluding steroid dienone is 2. The van der Waals surface area contributed by atoms with E-state index < -0.39 is 11.9 Å². The Morgan fingerprint density at radius 1 is 0.951 bits per heavy atom. The molecule has 6 rings (SSSR count). The van der Waals surface area contributed by atoms with Gasteiger partial charge in [-0.25, -0.2) is 4.79 Å². The summed E-state index contributed by atoms with van der Waals surface area (Å²) in [5, 5.41) is 5.58. The molecule has 1 N–H and O–H groups in total. The van der Waals surface area contributed by atoms with E-state index in [9.17, 15) is 9.59 Å². The summed E-state index contributed by atoms with van der Waals surface area (Å²) in [5.41, 5.74) is 5.43. The molecule has 41 heavy (non-hydrogen) atoms. The second-order valence-electron chi connectivity index (χ2n) is 9.94. The van der Waals surface area contributed by atoms with Gasteiger partial charge in [0.1, 0.15) is 6.61 Å². The summed E-state index contributed by atoms with van der Waals surface area (Å²) in [6.07, 6.45) is 0. The Labute approximate surface area is 246 Å². The van der Waals surface area contributed by atoms with Crippen LogP contribution in [0.3, 0.4) is 0 Å². The molecular weight excluding hydrogens is 582 g/mol. The number of nitrogens with one attached hydrogen (secondary N) is 1. The van der Waals surface area contributed by atoms with Gasteiger partial charge in [-0.2, -0.15) is 0 Å². The summed E-state index contributed by atoms with van der Waals surface area (Å²) in [6, 6.07) is 25.6. The Kier molecular flexibility index (Phi) is 7.14. The van der Waals surface area contributed by atoms with Crippen molar-refractivity contribution in [1.29, 1.82) is 0 Å². The standard InChI is InChI=1S/C34H28BrNO5/c1-4-40-27-17-22(16-26(35)33(27)41-18-21-12-9-11-20-10-5-6-13-23(20)21)29-28(34(38)39-3)19(2)36-31-24-14-7-8-15-25(24)32(37)30(29)31/h5-17,29,36H,4,18H2,1-3H3/t29-/m1/s1. The fourth-order valence-corrected chi connectivity index (χ4v) is 6.34. The van der Waals surface area contributed by atoms with Crippen LogP contribution in [-0.2, 0) is 16.1 Å². The quantitative estimate of drug-likeness (QED) is 0.221. The second-order valence-corrected chi connectivity index (χ2v) is 10.8. The van der Waals surface area contributed by atoms with Gasteiger partial charge in [0.15, 0.2) is 17.3 Å². The topological polar surface area (TPSA) is 73.9 Å². The number of hydrogen-bond donors (Lipinski definition) is 1. The van der Waals surface area contributed by atoms with Crippen LogP contribution in [0, 0.1) is 0 Å². The molecule has 0 aromatic heterocycles. The number of carbonyl (C=O) groups excluding carboxylic acids is 2. The number of hydrogen-bond acceptors (Lipinski definition) is 6. The molecule has 4 aromatic rings. The van der Waals surface area contributed by atoms with Crippen LogP contribution in [0.2, 0.25) is 0 Å². The van der Waals surface area contributed by atoms with Crippen molar-refractivity contribution in [3.05, 3.63) is 122 Å². The number of esters is 1. The molecule has 4 aromatic carbocycles. The van der Waals surface area contributed by atoms with Crippen LogP contribution in [-0.4, -0.2) is 25.5 Å². The number of rotatable bonds is 7. The maximum Gasteiger partial charge on any atom is 0.336 e. The van der Waals surface area contributed by atoms with E-state index >= 15 is 0 Å². The molecule has 2 aliphatic rings. The minimum Gasteiger partial charge on any atom is -0.490 e. The molecule has 6 nitrogen and oxygen atoms in total. The number of fused-ring (bicyclic) bond motifs is 3. The summed E-state index contributed by atoms with van der Waals surface area (Å²) in [5.74, 6) is -0.218. The van der Waals surface area contributed by atoms with E-state index in [2.05, 4.69) is 39.4 Å². The van der Waals surface area contributed by atoms with Gasteiger partial charge < -0.3 is 19.5 Å². The molecule has 1 aliphatic carbocycles. The first-order chi connectivity index (χ1) is 19.9. The lowest BCUT2D eigenvalue weighted by Crippen LogP contribution is -2.29. The van der Waals surface area contributed by atoms with Crippen LogP contribution in [0.1, 0.15) is 46.8 Å². The van der Waals surface area contributed by atoms with Crippen molar-refractivity contribution in [1.82, 2.24) is 5.32 Å². The summed E-state index contributed by atoms with van der Waals surface area (Å²) >= 11 is 3.71. The van der Waals surface area contributed by atoms with Crippen molar-refractivity contribution in [3.63, 3.8) is 0 Å². The van der Waals surface area contributed by atoms with Gasteiger partial charge >= 0.3 is 5.97 Å². The average Bonchev–Trinajstić information content (AvgIpc) is 3.26. The van der Waals surface area contributed by atoms with Gasteiger partial charge in [0, 0.05) is 28.3 Å². The summed E-state index contributed by atoms with van der Waals surface area (Å²) in [4.78, 5) is 26.9. The van der Waals surface area contributed by atoms with Gasteiger partial charge in [-0.3, -0.25) is 4.79 Å². The molecule has 0 amide bonds. The molecule has 206 valence electrons. The number of methoxy groups -OCH3 is 1. The van der Waals surface area contributed by atoms with E-state index in [1.807, 2.05) is 74.5 Å². The number of ether oxygens (including phenoxy) is 3. The van der Waals surface area contributed by atoms with Gasteiger partial charge in [0.05, 0.1) is 29.5 Å². The third-order valence-electron chi connectivity index (χ3n) is 7.57. The molecular formula is C34H28BrNO5. The Hall–Kier alpha value is -4.36. The predicted molar refractivity (Wildman–Crippen MR) is 162 cm³/mol. The maximum absolute atomic E-state index is 13.8. The molecule has 1 heterocycles. The molecule has 0 radical (unpaired) electrons. The van der Waals surface area contributed by atoms with Crippen molar-refractivity contribution in [2.75, 3.05) is 13.7 Å². The summed E-state index contributed by atoms with van der Waals surface area (Å²) in [6.45, 7) is 4.47. The molecule has 0 saturated heterocycles. The lowest BCUT2D eigenvalue weighted by atomic mass is 9.79. The van der Waals surface area contributed by atoms with Crippen molar-refractivity contribution < 1.29 is 23.8 Å². The number of dihydropyridines is 1. The van der Waals surface area contributed by atoms with Crippen LogP contribution in [0.5, 0.6) is 11.5 Å². The SMILES string of the molecule is CCOc1cc([C@@H]2C(C(=O)OC)=C(C)NC3=C2C(=O)c2ccccc23)cc(Br)c1OCc1cccc2ccccc12. The normalized spacial score (nSPS) is 15.9. The Morgan fingerprint density at radius 2 is 1.68 bits per heavy atom. The zero-order valence-electron chi connectivity index (χ0n) is 22.9. The highest BCUT2D eigenvalue weighted by Gasteiger charge is 2.43. The van der Waals surface area contributed by atoms with E-state index in [0.29, 0.717) is 62.9 Å². The van der Waals surface area contributed by atoms with E-state index in [1.54, 1.807) is 0 Å². The van der Waals surface area contributed by atoms with Gasteiger partial charge in [0.2, 0.25) is 0 Å². The monoisotopic (exact) mass is 609 g/mol. The lowest BCUT2D eigenvalue weighted by molar-refractivity contribution is -0.136. The zero-order valence-corrected chi connectivity index (χ0v) is 24.5. The van der Waals surface area contributed by atoms with Gasteiger partial charge in [-0.05, 0) is 63.8 Å². The highest BCUT2D eigenvalue weighted by molar-refractivity contribution is 9.10. The molecule has 7 heteroatoms. The smallest absolute Gasteiger partial charge is 0.336 e. The van der Waals surface area contributed by atoms with Gasteiger partial charge in [-0.15, -0.1) is 0 Å². The molecule has 0 spiro atoms. The first kappa shape index (κ1) is 26.8. The van der Waals surface area contributed by atoms with Crippen molar-refractivity contribution in [2.24, 2.45) is 0 Å². The fourth-order valence-electron chi connectivity index (χ4n) is 5.77. The summed E-state index contributed by atoms with van der Waals surface area (Å²) < 4.78 is 18.3. The van der Waals surface area contributed by atoms with Crippen LogP contribution in [0.15, 0.2) is 100 Å². The second kappa shape index (κ2) is 10.9. The first-order valence-electron chi connectivity index (χ1n) is 13.4. The lowest BCUT2D eigenvalue weighted by Gasteiger charge is -2.29. The highest BCUT2D eigenvalue weighted by atomic mass is 79.9. The predicted octanol–water partition coefficient (Wildman–Crippen LogP) is 7.32. The number of Topliss-reactive ketones (excluding diaryl/α,β-unsaturated/α-hetero) is 1. The summed E-state index contributed by atoms with van der Waals surface area (Å²) in [7, 11) is 1.35. The Bertz CT molecular complexity index is 1780. The minimum atomic E-state index is -0.666. The van der Waals surface area contributed by atoms with Gasteiger partial charge in [-0.1, -0.05) is 66.7 Å². The largest absolute Gasteiger partial charge is 0.490 e. The zero-order chi connectivity index (χ0) is 28.7. The van der Waals surface area contributed by atoms with E-state index in [1.165, 1.54) is 7.11 Å². The molecule has 0 fully saturated rings. The number of carbonyl (C=O) groups is 2. The third kappa shape index (κ3) is 4.60. The van der Waals surface area contributed by atoms with Crippen LogP contribution >= 0.6 is 15.9 Å². The number of halogens is 1. The minimum absolute atomic E-state index is 0.118. The Morgan fingerprint density at radius 3 is 2.46 bits per heavy atom. The highest BCUT2D eigenvalue weighted by Crippen LogP contribution is 2.49. The van der Waals surface area contributed by atoms with E-state index in [0.717, 1.165) is 21.9 Å². The van der Waals surface area contributed by atoms with Gasteiger partial charge in [0.25, 0.3) is 0 Å². The molecule has 1 atom stereocenters. The Balaban J connectivity index is 1.44. The average molecular weight is 611 g/mol. The fraction of sp³-hybridized carbons (Fsp3) is 0.176. The van der Waals surface area contributed by atoms with E-state index in [-0.39, 0.29) is 5.78 Å². The first-order valence-corrected chi connectivity index (χ1v) is 14.2. The molecule has 0 saturated carbocycles. The van der Waals surface area contributed by atoms with Crippen LogP contribution < -0.4 is 14.8 Å². The van der Waals surface area contributed by atoms with E-state index in [4.69, 9.17) is 14.2 Å². The molecule has 0 bridgehead atoms. The molecule has 1 aliphatic heterocycles.